The molecule has 0 saturated carbocycles. The van der Waals surface area contributed by atoms with Crippen molar-refractivity contribution >= 4 is 17.4 Å². The lowest BCUT2D eigenvalue weighted by molar-refractivity contribution is 0.0924. The summed E-state index contributed by atoms with van der Waals surface area (Å²) >= 11 is 0. The topological polar surface area (TPSA) is 74.0 Å². The molecular formula is C25H32N2O4. The average Bonchev–Trinajstić information content (AvgIpc) is 2.79. The number of carbonyl (C=O) groups excluding carboxylic acids is 1. The van der Waals surface area contributed by atoms with E-state index in [-0.39, 0.29) is 12.1 Å². The van der Waals surface area contributed by atoms with Crippen LogP contribution in [0.15, 0.2) is 48.5 Å². The summed E-state index contributed by atoms with van der Waals surface area (Å²) in [6.45, 7) is 6.05. The zero-order valence-electron chi connectivity index (χ0n) is 18.6. The van der Waals surface area contributed by atoms with Crippen molar-refractivity contribution in [1.29, 1.82) is 0 Å². The SMILES string of the molecule is CCCOC(=O)N1CCC(c2cc(C)ccc2N)=CC1c1ccc(OCCOC)cc1. The first-order valence-corrected chi connectivity index (χ1v) is 10.8. The van der Waals surface area contributed by atoms with Crippen LogP contribution in [0.1, 0.15) is 42.5 Å². The lowest BCUT2D eigenvalue weighted by Crippen LogP contribution is -2.38. The standard InChI is InChI=1S/C25H32N2O4/c1-4-13-31-25(28)27-12-11-20(22-16-18(2)5-10-23(22)26)17-24(27)19-6-8-21(9-7-19)30-15-14-29-3/h5-10,16-17,24H,4,11-15,26H2,1-3H3. The van der Waals surface area contributed by atoms with Crippen LogP contribution in [0.5, 0.6) is 5.75 Å². The van der Waals surface area contributed by atoms with Gasteiger partial charge in [-0.1, -0.05) is 36.8 Å². The smallest absolute Gasteiger partial charge is 0.410 e. The van der Waals surface area contributed by atoms with Crippen molar-refractivity contribution in [3.8, 4) is 5.75 Å². The third kappa shape index (κ3) is 5.79. The van der Waals surface area contributed by atoms with Gasteiger partial charge in [0.15, 0.2) is 0 Å². The molecule has 6 heteroatoms. The van der Waals surface area contributed by atoms with E-state index in [1.165, 1.54) is 0 Å². The Hall–Kier alpha value is -2.99. The van der Waals surface area contributed by atoms with Crippen LogP contribution in [0.4, 0.5) is 10.5 Å². The highest BCUT2D eigenvalue weighted by Crippen LogP contribution is 2.36. The summed E-state index contributed by atoms with van der Waals surface area (Å²) < 4.78 is 16.1. The third-order valence-electron chi connectivity index (χ3n) is 5.31. The molecule has 0 aliphatic carbocycles. The summed E-state index contributed by atoms with van der Waals surface area (Å²) in [4.78, 5) is 14.5. The number of nitrogens with zero attached hydrogens (tertiary/aromatic N) is 1. The van der Waals surface area contributed by atoms with Gasteiger partial charge in [0.05, 0.1) is 19.3 Å². The molecule has 2 aromatic carbocycles. The predicted molar refractivity (Wildman–Crippen MR) is 123 cm³/mol. The van der Waals surface area contributed by atoms with Crippen LogP contribution in [0, 0.1) is 6.92 Å². The monoisotopic (exact) mass is 424 g/mol. The number of ether oxygens (including phenoxy) is 3. The molecule has 1 aliphatic heterocycles. The maximum absolute atomic E-state index is 12.8. The molecule has 0 bridgehead atoms. The minimum atomic E-state index is -0.292. The molecule has 0 fully saturated rings. The maximum atomic E-state index is 12.8. The zero-order valence-corrected chi connectivity index (χ0v) is 18.6. The molecule has 1 amide bonds. The van der Waals surface area contributed by atoms with Crippen LogP contribution in [0.25, 0.3) is 5.57 Å². The highest BCUT2D eigenvalue weighted by molar-refractivity contribution is 5.79. The highest BCUT2D eigenvalue weighted by Gasteiger charge is 2.29. The highest BCUT2D eigenvalue weighted by atomic mass is 16.6. The van der Waals surface area contributed by atoms with Crippen LogP contribution in [0.3, 0.4) is 0 Å². The Kier molecular flexibility index (Phi) is 7.95. The van der Waals surface area contributed by atoms with Gasteiger partial charge in [-0.25, -0.2) is 4.79 Å². The molecule has 1 heterocycles. The Morgan fingerprint density at radius 3 is 2.61 bits per heavy atom. The van der Waals surface area contributed by atoms with Crippen molar-refractivity contribution in [2.75, 3.05) is 39.2 Å². The number of nitrogen functional groups attached to an aromatic ring is 1. The van der Waals surface area contributed by atoms with E-state index < -0.39 is 0 Å². The lowest BCUT2D eigenvalue weighted by Gasteiger charge is -2.34. The predicted octanol–water partition coefficient (Wildman–Crippen LogP) is 4.98. The van der Waals surface area contributed by atoms with Crippen molar-refractivity contribution in [2.24, 2.45) is 0 Å². The van der Waals surface area contributed by atoms with Gasteiger partial charge in [-0.05, 0) is 55.2 Å². The normalized spacial score (nSPS) is 16.0. The molecular weight excluding hydrogens is 392 g/mol. The Bertz CT molecular complexity index is 908. The van der Waals surface area contributed by atoms with Gasteiger partial charge in [-0.3, -0.25) is 4.90 Å². The van der Waals surface area contributed by atoms with Crippen molar-refractivity contribution < 1.29 is 19.0 Å². The quantitative estimate of drug-likeness (QED) is 0.478. The summed E-state index contributed by atoms with van der Waals surface area (Å²) in [5.41, 5.74) is 11.3. The molecule has 2 N–H and O–H groups in total. The number of hydrogen-bond donors (Lipinski definition) is 1. The number of rotatable bonds is 8. The molecule has 1 unspecified atom stereocenters. The van der Waals surface area contributed by atoms with Gasteiger partial charge < -0.3 is 19.9 Å². The van der Waals surface area contributed by atoms with E-state index >= 15 is 0 Å². The maximum Gasteiger partial charge on any atom is 0.410 e. The fourth-order valence-corrected chi connectivity index (χ4v) is 3.67. The van der Waals surface area contributed by atoms with E-state index in [9.17, 15) is 4.79 Å². The van der Waals surface area contributed by atoms with Crippen molar-refractivity contribution in [2.45, 2.75) is 32.7 Å². The third-order valence-corrected chi connectivity index (χ3v) is 5.31. The van der Waals surface area contributed by atoms with E-state index in [1.54, 1.807) is 12.0 Å². The van der Waals surface area contributed by atoms with E-state index in [0.717, 1.165) is 46.5 Å². The Labute approximate surface area is 184 Å². The van der Waals surface area contributed by atoms with Gasteiger partial charge >= 0.3 is 6.09 Å². The van der Waals surface area contributed by atoms with Gasteiger partial charge in [0.25, 0.3) is 0 Å². The number of methoxy groups -OCH3 is 1. The fourth-order valence-electron chi connectivity index (χ4n) is 3.67. The molecule has 1 atom stereocenters. The molecule has 0 saturated heterocycles. The summed E-state index contributed by atoms with van der Waals surface area (Å²) in [6, 6.07) is 13.6. The van der Waals surface area contributed by atoms with E-state index in [4.69, 9.17) is 19.9 Å². The van der Waals surface area contributed by atoms with Crippen molar-refractivity contribution in [3.63, 3.8) is 0 Å². The number of aryl methyl sites for hydroxylation is 1. The number of carbonyl (C=O) groups is 1. The van der Waals surface area contributed by atoms with E-state index in [2.05, 4.69) is 19.1 Å². The lowest BCUT2D eigenvalue weighted by atomic mass is 9.91. The van der Waals surface area contributed by atoms with E-state index in [0.29, 0.717) is 26.4 Å². The summed E-state index contributed by atoms with van der Waals surface area (Å²) in [6.07, 6.45) is 3.35. The zero-order chi connectivity index (χ0) is 22.2. The molecule has 1 aliphatic rings. The second-order valence-corrected chi connectivity index (χ2v) is 7.70. The molecule has 3 rings (SSSR count). The van der Waals surface area contributed by atoms with Crippen LogP contribution in [-0.4, -0.2) is 44.5 Å². The van der Waals surface area contributed by atoms with Crippen LogP contribution in [-0.2, 0) is 9.47 Å². The Morgan fingerprint density at radius 1 is 1.13 bits per heavy atom. The Balaban J connectivity index is 1.91. The van der Waals surface area contributed by atoms with Crippen molar-refractivity contribution in [1.82, 2.24) is 4.90 Å². The van der Waals surface area contributed by atoms with Gasteiger partial charge in [-0.2, -0.15) is 0 Å². The van der Waals surface area contributed by atoms with E-state index in [1.807, 2.05) is 43.3 Å². The molecule has 31 heavy (non-hydrogen) atoms. The number of nitrogens with two attached hydrogens (primary N) is 1. The first-order valence-electron chi connectivity index (χ1n) is 10.8. The first-order chi connectivity index (χ1) is 15.0. The number of benzene rings is 2. The van der Waals surface area contributed by atoms with Gasteiger partial charge in [0.2, 0.25) is 0 Å². The second-order valence-electron chi connectivity index (χ2n) is 7.70. The van der Waals surface area contributed by atoms with Crippen molar-refractivity contribution in [3.05, 3.63) is 65.2 Å². The number of anilines is 1. The number of hydrogen-bond acceptors (Lipinski definition) is 5. The van der Waals surface area contributed by atoms with Gasteiger partial charge in [0, 0.05) is 24.9 Å². The van der Waals surface area contributed by atoms with Crippen LogP contribution in [0.2, 0.25) is 0 Å². The average molecular weight is 425 g/mol. The first kappa shape index (κ1) is 22.7. The summed E-state index contributed by atoms with van der Waals surface area (Å²) in [5, 5.41) is 0. The molecule has 6 nitrogen and oxygen atoms in total. The molecule has 0 spiro atoms. The second kappa shape index (κ2) is 10.9. The van der Waals surface area contributed by atoms with Crippen LogP contribution >= 0.6 is 0 Å². The summed E-state index contributed by atoms with van der Waals surface area (Å²) in [5.74, 6) is 0.767. The molecule has 0 aromatic heterocycles. The van der Waals surface area contributed by atoms with Gasteiger partial charge in [0.1, 0.15) is 12.4 Å². The summed E-state index contributed by atoms with van der Waals surface area (Å²) in [7, 11) is 1.65. The number of amides is 1. The Morgan fingerprint density at radius 2 is 1.90 bits per heavy atom. The molecule has 166 valence electrons. The minimum absolute atomic E-state index is 0.235. The molecule has 0 radical (unpaired) electrons. The fraction of sp³-hybridized carbons (Fsp3) is 0.400. The van der Waals surface area contributed by atoms with Gasteiger partial charge in [-0.15, -0.1) is 0 Å². The molecule has 2 aromatic rings. The largest absolute Gasteiger partial charge is 0.491 e. The minimum Gasteiger partial charge on any atom is -0.491 e. The van der Waals surface area contributed by atoms with Crippen LogP contribution < -0.4 is 10.5 Å².